The number of nitrogens with zero attached hydrogens (tertiary/aromatic N) is 5. The summed E-state index contributed by atoms with van der Waals surface area (Å²) in [7, 11) is 4.11. The molecule has 1 fully saturated rings. The molecule has 0 spiro atoms. The molecule has 2 aromatic rings. The Kier molecular flexibility index (Phi) is 7.55. The van der Waals surface area contributed by atoms with E-state index in [1.165, 1.54) is 11.3 Å². The zero-order valence-corrected chi connectivity index (χ0v) is 19.2. The van der Waals surface area contributed by atoms with Crippen LogP contribution in [0.1, 0.15) is 30.1 Å². The van der Waals surface area contributed by atoms with Gasteiger partial charge in [-0.05, 0) is 30.5 Å². The molecule has 1 amide bonds. The molecule has 8 nitrogen and oxygen atoms in total. The van der Waals surface area contributed by atoms with Crippen LogP contribution in [0.25, 0.3) is 6.08 Å². The summed E-state index contributed by atoms with van der Waals surface area (Å²) in [6.07, 6.45) is 7.50. The Hall–Kier alpha value is -2.71. The van der Waals surface area contributed by atoms with Crippen LogP contribution in [-0.4, -0.2) is 78.6 Å². The van der Waals surface area contributed by atoms with Gasteiger partial charge in [-0.15, -0.1) is 10.2 Å². The molecule has 1 aromatic heterocycles. The number of carbonyl (C=O) groups is 1. The van der Waals surface area contributed by atoms with Crippen molar-refractivity contribution in [2.45, 2.75) is 38.3 Å². The Morgan fingerprint density at radius 2 is 2.06 bits per heavy atom. The number of hydrogen-bond acceptors (Lipinski definition) is 6. The van der Waals surface area contributed by atoms with E-state index >= 15 is 0 Å². The van der Waals surface area contributed by atoms with Gasteiger partial charge in [0.15, 0.2) is 0 Å². The van der Waals surface area contributed by atoms with Gasteiger partial charge >= 0.3 is 0 Å². The fourth-order valence-electron chi connectivity index (χ4n) is 4.21. The first-order chi connectivity index (χ1) is 15.6. The number of hydrogen-bond donors (Lipinski definition) is 1. The Balaban J connectivity index is 1.24. The van der Waals surface area contributed by atoms with Gasteiger partial charge in [-0.2, -0.15) is 0 Å². The fraction of sp³-hybridized carbons (Fsp3) is 0.542. The summed E-state index contributed by atoms with van der Waals surface area (Å²) >= 11 is 0. The van der Waals surface area contributed by atoms with Crippen LogP contribution in [0.4, 0.5) is 5.69 Å². The summed E-state index contributed by atoms with van der Waals surface area (Å²) in [5.74, 6) is 1.98. The molecule has 8 heteroatoms. The number of rotatable bonds is 8. The third kappa shape index (κ3) is 5.75. The van der Waals surface area contributed by atoms with Crippen LogP contribution in [0, 0.1) is 0 Å². The second-order valence-corrected chi connectivity index (χ2v) is 8.67. The molecule has 0 radical (unpaired) electrons. The van der Waals surface area contributed by atoms with Crippen LogP contribution >= 0.6 is 0 Å². The van der Waals surface area contributed by atoms with E-state index in [1.54, 1.807) is 0 Å². The number of ether oxygens (including phenoxy) is 1. The van der Waals surface area contributed by atoms with Crippen molar-refractivity contribution in [3.05, 3.63) is 47.6 Å². The lowest BCUT2D eigenvalue weighted by molar-refractivity contribution is -0.130. The lowest BCUT2D eigenvalue weighted by Gasteiger charge is -2.17. The molecule has 172 valence electrons. The van der Waals surface area contributed by atoms with Crippen molar-refractivity contribution in [2.24, 2.45) is 0 Å². The first kappa shape index (κ1) is 22.5. The molecule has 0 aliphatic carbocycles. The number of carbonyl (C=O) groups excluding carboxylic acids is 1. The normalized spacial score (nSPS) is 19.1. The van der Waals surface area contributed by atoms with Gasteiger partial charge in [-0.1, -0.05) is 24.3 Å². The molecule has 3 heterocycles. The highest BCUT2D eigenvalue weighted by molar-refractivity contribution is 5.80. The third-order valence-electron chi connectivity index (χ3n) is 6.15. The fourth-order valence-corrected chi connectivity index (χ4v) is 4.21. The van der Waals surface area contributed by atoms with Crippen molar-refractivity contribution < 1.29 is 9.53 Å². The smallest absolute Gasteiger partial charge is 0.249 e. The molecule has 32 heavy (non-hydrogen) atoms. The monoisotopic (exact) mass is 438 g/mol. The van der Waals surface area contributed by atoms with Crippen LogP contribution in [0.2, 0.25) is 0 Å². The van der Waals surface area contributed by atoms with E-state index in [-0.39, 0.29) is 12.0 Å². The van der Waals surface area contributed by atoms with Crippen molar-refractivity contribution in [1.29, 1.82) is 0 Å². The summed E-state index contributed by atoms with van der Waals surface area (Å²) in [5.41, 5.74) is 2.43. The standard InChI is InChI=1S/C24H34N6O2/c1-28(2)20-9-7-19(8-10-20)5-3-14-29-15-12-23-27-26-22(30(23)17-16-29)11-13-25-24(31)21-6-4-18-32-21/h3,5,7-10,21H,4,6,11-18H2,1-2H3,(H,25,31)/b5-3+. The highest BCUT2D eigenvalue weighted by Gasteiger charge is 2.23. The van der Waals surface area contributed by atoms with Gasteiger partial charge in [0.25, 0.3) is 0 Å². The Morgan fingerprint density at radius 1 is 1.22 bits per heavy atom. The average Bonchev–Trinajstić information content (AvgIpc) is 3.42. The number of anilines is 1. The van der Waals surface area contributed by atoms with Crippen LogP contribution in [0.3, 0.4) is 0 Å². The van der Waals surface area contributed by atoms with Gasteiger partial charge in [0, 0.05) is 72.0 Å². The highest BCUT2D eigenvalue weighted by Crippen LogP contribution is 2.14. The molecule has 1 aromatic carbocycles. The Bertz CT molecular complexity index is 915. The first-order valence-electron chi connectivity index (χ1n) is 11.6. The van der Waals surface area contributed by atoms with Crippen LogP contribution < -0.4 is 10.2 Å². The summed E-state index contributed by atoms with van der Waals surface area (Å²) in [4.78, 5) is 16.7. The van der Waals surface area contributed by atoms with Gasteiger partial charge < -0.3 is 19.5 Å². The maximum Gasteiger partial charge on any atom is 0.249 e. The number of fused-ring (bicyclic) bond motifs is 1. The molecular formula is C24H34N6O2. The highest BCUT2D eigenvalue weighted by atomic mass is 16.5. The minimum Gasteiger partial charge on any atom is -0.378 e. The summed E-state index contributed by atoms with van der Waals surface area (Å²) < 4.78 is 7.66. The summed E-state index contributed by atoms with van der Waals surface area (Å²) in [6, 6.07) is 8.59. The molecule has 1 atom stereocenters. The largest absolute Gasteiger partial charge is 0.378 e. The van der Waals surface area contributed by atoms with Crippen molar-refractivity contribution in [3.8, 4) is 0 Å². The molecule has 0 saturated carbocycles. The molecule has 1 unspecified atom stereocenters. The van der Waals surface area contributed by atoms with E-state index in [2.05, 4.69) is 80.4 Å². The van der Waals surface area contributed by atoms with Gasteiger partial charge in [0.1, 0.15) is 17.8 Å². The van der Waals surface area contributed by atoms with Gasteiger partial charge in [-0.25, -0.2) is 0 Å². The molecule has 4 rings (SSSR count). The maximum atomic E-state index is 12.1. The predicted molar refractivity (Wildman–Crippen MR) is 126 cm³/mol. The Labute approximate surface area is 190 Å². The second kappa shape index (κ2) is 10.7. The average molecular weight is 439 g/mol. The van der Waals surface area contributed by atoms with Crippen LogP contribution in [-0.2, 0) is 28.9 Å². The Morgan fingerprint density at radius 3 is 2.81 bits per heavy atom. The molecule has 2 aliphatic heterocycles. The number of benzene rings is 1. The van der Waals surface area contributed by atoms with Crippen LogP contribution in [0.15, 0.2) is 30.3 Å². The zero-order chi connectivity index (χ0) is 22.3. The van der Waals surface area contributed by atoms with Gasteiger partial charge in [0.05, 0.1) is 0 Å². The molecule has 0 bridgehead atoms. The van der Waals surface area contributed by atoms with Crippen molar-refractivity contribution >= 4 is 17.7 Å². The van der Waals surface area contributed by atoms with E-state index in [9.17, 15) is 4.79 Å². The topological polar surface area (TPSA) is 75.5 Å². The van der Waals surface area contributed by atoms with E-state index in [0.717, 1.165) is 57.1 Å². The quantitative estimate of drug-likeness (QED) is 0.677. The van der Waals surface area contributed by atoms with E-state index in [4.69, 9.17) is 4.74 Å². The molecule has 1 saturated heterocycles. The first-order valence-corrected chi connectivity index (χ1v) is 11.6. The minimum absolute atomic E-state index is 0.00702. The molecule has 1 N–H and O–H groups in total. The third-order valence-corrected chi connectivity index (χ3v) is 6.15. The van der Waals surface area contributed by atoms with Crippen molar-refractivity contribution in [3.63, 3.8) is 0 Å². The second-order valence-electron chi connectivity index (χ2n) is 8.67. The van der Waals surface area contributed by atoms with Gasteiger partial charge in [0.2, 0.25) is 5.91 Å². The SMILES string of the molecule is CN(C)c1ccc(/C=C/CN2CCc3nnc(CCNC(=O)C4CCCO4)n3CC2)cc1. The van der Waals surface area contributed by atoms with Gasteiger partial charge in [-0.3, -0.25) is 9.69 Å². The number of nitrogens with one attached hydrogen (secondary N) is 1. The van der Waals surface area contributed by atoms with Crippen molar-refractivity contribution in [2.75, 3.05) is 51.8 Å². The molecular weight excluding hydrogens is 404 g/mol. The predicted octanol–water partition coefficient (Wildman–Crippen LogP) is 1.75. The zero-order valence-electron chi connectivity index (χ0n) is 19.2. The lowest BCUT2D eigenvalue weighted by atomic mass is 10.2. The maximum absolute atomic E-state index is 12.1. The van der Waals surface area contributed by atoms with Crippen LogP contribution in [0.5, 0.6) is 0 Å². The number of aromatic nitrogens is 3. The van der Waals surface area contributed by atoms with Crippen molar-refractivity contribution in [1.82, 2.24) is 25.0 Å². The molecule has 2 aliphatic rings. The van der Waals surface area contributed by atoms with E-state index < -0.39 is 0 Å². The summed E-state index contributed by atoms with van der Waals surface area (Å²) in [6.45, 7) is 4.98. The van der Waals surface area contributed by atoms with E-state index in [1.807, 2.05) is 0 Å². The number of amides is 1. The summed E-state index contributed by atoms with van der Waals surface area (Å²) in [5, 5.41) is 11.8. The van der Waals surface area contributed by atoms with E-state index in [0.29, 0.717) is 19.6 Å². The lowest BCUT2D eigenvalue weighted by Crippen LogP contribution is -2.35. The minimum atomic E-state index is -0.280.